The molecule has 0 aromatic carbocycles. The molecule has 1 heterocycles. The van der Waals surface area contributed by atoms with Crippen molar-refractivity contribution in [2.24, 2.45) is 0 Å². The van der Waals surface area contributed by atoms with Crippen LogP contribution in [0.25, 0.3) is 0 Å². The van der Waals surface area contributed by atoms with E-state index in [1.54, 1.807) is 0 Å². The Hall–Kier alpha value is -0.980. The van der Waals surface area contributed by atoms with Crippen LogP contribution in [0.2, 0.25) is 5.28 Å². The van der Waals surface area contributed by atoms with E-state index in [0.29, 0.717) is 23.7 Å². The summed E-state index contributed by atoms with van der Waals surface area (Å²) < 4.78 is 0. The van der Waals surface area contributed by atoms with Crippen LogP contribution in [0.3, 0.4) is 0 Å². The summed E-state index contributed by atoms with van der Waals surface area (Å²) in [5, 5.41) is 0.125. The molecule has 3 nitrogen and oxygen atoms in total. The van der Waals surface area contributed by atoms with Gasteiger partial charge in [0.05, 0.1) is 5.56 Å². The van der Waals surface area contributed by atoms with E-state index in [9.17, 15) is 0 Å². The Morgan fingerprint density at radius 1 is 1.54 bits per heavy atom. The highest BCUT2D eigenvalue weighted by Crippen LogP contribution is 2.08. The first-order valence-electron chi connectivity index (χ1n) is 3.57. The van der Waals surface area contributed by atoms with Gasteiger partial charge in [-0.2, -0.15) is 4.98 Å². The molecular weight excluding hydrogens is 209 g/mol. The number of hydrogen-bond donors (Lipinski definition) is 1. The molecule has 0 aliphatic heterocycles. The van der Waals surface area contributed by atoms with Crippen molar-refractivity contribution in [3.8, 4) is 11.8 Å². The molecule has 1 rings (SSSR count). The van der Waals surface area contributed by atoms with Crippen molar-refractivity contribution in [1.29, 1.82) is 0 Å². The van der Waals surface area contributed by atoms with E-state index < -0.39 is 0 Å². The summed E-state index contributed by atoms with van der Waals surface area (Å²) in [6, 6.07) is 0. The van der Waals surface area contributed by atoms with Gasteiger partial charge in [0.15, 0.2) is 0 Å². The second-order valence-electron chi connectivity index (χ2n) is 2.18. The molecule has 0 spiro atoms. The zero-order valence-electron chi connectivity index (χ0n) is 6.72. The predicted octanol–water partition coefficient (Wildman–Crippen LogP) is 1.69. The van der Waals surface area contributed by atoms with Crippen molar-refractivity contribution >= 4 is 29.0 Å². The molecule has 0 unspecified atom stereocenters. The van der Waals surface area contributed by atoms with Crippen LogP contribution in [0.1, 0.15) is 12.0 Å². The van der Waals surface area contributed by atoms with Gasteiger partial charge < -0.3 is 5.73 Å². The number of halogens is 2. The van der Waals surface area contributed by atoms with Gasteiger partial charge in [0.1, 0.15) is 5.82 Å². The van der Waals surface area contributed by atoms with Crippen LogP contribution in [-0.2, 0) is 0 Å². The lowest BCUT2D eigenvalue weighted by molar-refractivity contribution is 1.16. The smallest absolute Gasteiger partial charge is 0.224 e. The molecule has 0 aliphatic rings. The van der Waals surface area contributed by atoms with Crippen LogP contribution in [0, 0.1) is 11.8 Å². The molecule has 1 aromatic rings. The topological polar surface area (TPSA) is 51.8 Å². The lowest BCUT2D eigenvalue weighted by Gasteiger charge is -1.95. The molecule has 13 heavy (non-hydrogen) atoms. The number of hydrogen-bond acceptors (Lipinski definition) is 3. The number of alkyl halides is 1. The van der Waals surface area contributed by atoms with Gasteiger partial charge in [-0.05, 0) is 11.6 Å². The molecule has 0 atom stereocenters. The summed E-state index contributed by atoms with van der Waals surface area (Å²) >= 11 is 11.0. The zero-order chi connectivity index (χ0) is 9.68. The van der Waals surface area contributed by atoms with Crippen molar-refractivity contribution in [2.45, 2.75) is 6.42 Å². The Balaban J connectivity index is 2.85. The van der Waals surface area contributed by atoms with Gasteiger partial charge in [-0.3, -0.25) is 0 Å². The fourth-order valence-corrected chi connectivity index (χ4v) is 0.908. The van der Waals surface area contributed by atoms with Crippen molar-refractivity contribution < 1.29 is 0 Å². The lowest BCUT2D eigenvalue weighted by atomic mass is 10.3. The Morgan fingerprint density at radius 2 is 2.31 bits per heavy atom. The highest BCUT2D eigenvalue weighted by Gasteiger charge is 1.98. The van der Waals surface area contributed by atoms with Gasteiger partial charge in [-0.25, -0.2) is 4.98 Å². The van der Waals surface area contributed by atoms with E-state index in [-0.39, 0.29) is 5.28 Å². The largest absolute Gasteiger partial charge is 0.383 e. The van der Waals surface area contributed by atoms with Crippen molar-refractivity contribution in [3.05, 3.63) is 17.0 Å². The molecule has 1 aromatic heterocycles. The van der Waals surface area contributed by atoms with Gasteiger partial charge in [0.2, 0.25) is 5.28 Å². The molecule has 68 valence electrons. The maximum atomic E-state index is 5.53. The molecular formula is C8H7Cl2N3. The minimum absolute atomic E-state index is 0.125. The molecule has 5 heteroatoms. The average Bonchev–Trinajstić information content (AvgIpc) is 2.09. The summed E-state index contributed by atoms with van der Waals surface area (Å²) in [4.78, 5) is 7.51. The molecule has 0 bridgehead atoms. The number of aromatic nitrogens is 2. The first-order chi connectivity index (χ1) is 6.24. The highest BCUT2D eigenvalue weighted by molar-refractivity contribution is 6.28. The fourth-order valence-electron chi connectivity index (χ4n) is 0.674. The van der Waals surface area contributed by atoms with Gasteiger partial charge in [-0.1, -0.05) is 11.8 Å². The SMILES string of the molecule is Nc1nc(Cl)ncc1C#CCCCl. The molecule has 0 saturated carbocycles. The molecule has 2 N–H and O–H groups in total. The van der Waals surface area contributed by atoms with Crippen LogP contribution in [0.15, 0.2) is 6.20 Å². The number of nitrogens with zero attached hydrogens (tertiary/aromatic N) is 2. The van der Waals surface area contributed by atoms with E-state index in [0.717, 1.165) is 0 Å². The molecule has 0 radical (unpaired) electrons. The fraction of sp³-hybridized carbons (Fsp3) is 0.250. The molecule has 0 amide bonds. The molecule has 0 aliphatic carbocycles. The summed E-state index contributed by atoms with van der Waals surface area (Å²) in [6.45, 7) is 0. The lowest BCUT2D eigenvalue weighted by Crippen LogP contribution is -1.96. The first-order valence-corrected chi connectivity index (χ1v) is 4.48. The van der Waals surface area contributed by atoms with Gasteiger partial charge in [-0.15, -0.1) is 11.6 Å². The summed E-state index contributed by atoms with van der Waals surface area (Å²) in [5.41, 5.74) is 6.11. The minimum Gasteiger partial charge on any atom is -0.383 e. The average molecular weight is 216 g/mol. The van der Waals surface area contributed by atoms with Crippen molar-refractivity contribution in [3.63, 3.8) is 0 Å². The Bertz CT molecular complexity index is 354. The van der Waals surface area contributed by atoms with E-state index in [4.69, 9.17) is 28.9 Å². The molecule has 0 fully saturated rings. The third kappa shape index (κ3) is 3.10. The Morgan fingerprint density at radius 3 is 2.92 bits per heavy atom. The second kappa shape index (κ2) is 4.90. The van der Waals surface area contributed by atoms with Crippen LogP contribution >= 0.6 is 23.2 Å². The first kappa shape index (κ1) is 10.1. The standard InChI is InChI=1S/C8H7Cl2N3/c9-4-2-1-3-6-5-12-8(10)13-7(6)11/h5H,2,4H2,(H2,11,12,13). The van der Waals surface area contributed by atoms with Gasteiger partial charge in [0, 0.05) is 18.5 Å². The van der Waals surface area contributed by atoms with Crippen LogP contribution in [0.5, 0.6) is 0 Å². The summed E-state index contributed by atoms with van der Waals surface area (Å²) in [5.74, 6) is 6.42. The number of nitrogens with two attached hydrogens (primary N) is 1. The van der Waals surface area contributed by atoms with E-state index in [1.807, 2.05) is 0 Å². The van der Waals surface area contributed by atoms with Crippen LogP contribution in [0.4, 0.5) is 5.82 Å². The highest BCUT2D eigenvalue weighted by atomic mass is 35.5. The van der Waals surface area contributed by atoms with E-state index in [1.165, 1.54) is 6.20 Å². The number of nitrogen functional groups attached to an aromatic ring is 1. The molecule has 0 saturated heterocycles. The summed E-state index contributed by atoms with van der Waals surface area (Å²) in [6.07, 6.45) is 2.11. The van der Waals surface area contributed by atoms with Crippen molar-refractivity contribution in [2.75, 3.05) is 11.6 Å². The second-order valence-corrected chi connectivity index (χ2v) is 2.89. The minimum atomic E-state index is 0.125. The van der Waals surface area contributed by atoms with Crippen LogP contribution < -0.4 is 5.73 Å². The zero-order valence-corrected chi connectivity index (χ0v) is 8.23. The predicted molar refractivity (Wildman–Crippen MR) is 53.7 cm³/mol. The third-order valence-electron chi connectivity index (χ3n) is 1.23. The maximum Gasteiger partial charge on any atom is 0.224 e. The normalized spacial score (nSPS) is 9.08. The van der Waals surface area contributed by atoms with Gasteiger partial charge in [0.25, 0.3) is 0 Å². The third-order valence-corrected chi connectivity index (χ3v) is 1.60. The van der Waals surface area contributed by atoms with Crippen molar-refractivity contribution in [1.82, 2.24) is 9.97 Å². The van der Waals surface area contributed by atoms with Crippen LogP contribution in [-0.4, -0.2) is 15.8 Å². The number of rotatable bonds is 1. The quantitative estimate of drug-likeness (QED) is 0.441. The van der Waals surface area contributed by atoms with E-state index in [2.05, 4.69) is 21.8 Å². The summed E-state index contributed by atoms with van der Waals surface area (Å²) in [7, 11) is 0. The monoisotopic (exact) mass is 215 g/mol. The van der Waals surface area contributed by atoms with E-state index >= 15 is 0 Å². The Labute approximate surface area is 86.3 Å². The number of anilines is 1. The Kier molecular flexibility index (Phi) is 3.81. The van der Waals surface area contributed by atoms with Gasteiger partial charge >= 0.3 is 0 Å². The maximum absolute atomic E-state index is 5.53.